The molecule has 1 amide bonds. The molecule has 12 heavy (non-hydrogen) atoms. The molecule has 0 aliphatic rings. The standard InChI is InChI=1S/C7H12BrNO3/c1-3-12-7(11)5(2)9-6(10)4-8/h5H,3-4H2,1-2H3,(H,9,10)/t5-/m0/s1. The van der Waals surface area contributed by atoms with Gasteiger partial charge in [0.25, 0.3) is 0 Å². The normalized spacial score (nSPS) is 11.9. The second kappa shape index (κ2) is 5.99. The fourth-order valence-electron chi connectivity index (χ4n) is 0.606. The maximum atomic E-state index is 10.9. The van der Waals surface area contributed by atoms with Gasteiger partial charge in [-0.1, -0.05) is 15.9 Å². The largest absolute Gasteiger partial charge is 0.464 e. The third-order valence-corrected chi connectivity index (χ3v) is 1.65. The van der Waals surface area contributed by atoms with Crippen LogP contribution in [-0.4, -0.2) is 29.9 Å². The van der Waals surface area contributed by atoms with Crippen molar-refractivity contribution in [3.63, 3.8) is 0 Å². The summed E-state index contributed by atoms with van der Waals surface area (Å²) in [6, 6.07) is -0.574. The lowest BCUT2D eigenvalue weighted by Gasteiger charge is -2.10. The van der Waals surface area contributed by atoms with Crippen LogP contribution in [0.25, 0.3) is 0 Å². The monoisotopic (exact) mass is 237 g/mol. The number of rotatable bonds is 4. The molecule has 0 fully saturated rings. The second-order valence-corrected chi connectivity index (χ2v) is 2.74. The van der Waals surface area contributed by atoms with Gasteiger partial charge in [0.2, 0.25) is 5.91 Å². The highest BCUT2D eigenvalue weighted by Crippen LogP contribution is 1.89. The fraction of sp³-hybridized carbons (Fsp3) is 0.714. The molecule has 0 bridgehead atoms. The SMILES string of the molecule is CCOC(=O)[C@H](C)NC(=O)CBr. The summed E-state index contributed by atoms with van der Waals surface area (Å²) in [4.78, 5) is 21.7. The molecule has 0 heterocycles. The van der Waals surface area contributed by atoms with Crippen LogP contribution in [0.3, 0.4) is 0 Å². The number of nitrogens with one attached hydrogen (secondary N) is 1. The van der Waals surface area contributed by atoms with E-state index in [-0.39, 0.29) is 11.2 Å². The molecule has 0 aliphatic carbocycles. The molecule has 0 aromatic rings. The summed E-state index contributed by atoms with van der Waals surface area (Å²) in [5, 5.41) is 2.64. The van der Waals surface area contributed by atoms with Gasteiger partial charge in [-0.2, -0.15) is 0 Å². The molecule has 0 spiro atoms. The number of carbonyl (C=O) groups excluding carboxylic acids is 2. The van der Waals surface area contributed by atoms with E-state index in [0.29, 0.717) is 6.61 Å². The predicted molar refractivity (Wildman–Crippen MR) is 48.0 cm³/mol. The van der Waals surface area contributed by atoms with Gasteiger partial charge in [-0.25, -0.2) is 4.79 Å². The van der Waals surface area contributed by atoms with E-state index >= 15 is 0 Å². The Morgan fingerprint density at radius 3 is 2.58 bits per heavy atom. The van der Waals surface area contributed by atoms with E-state index in [1.165, 1.54) is 0 Å². The average molecular weight is 238 g/mol. The van der Waals surface area contributed by atoms with Gasteiger partial charge < -0.3 is 10.1 Å². The van der Waals surface area contributed by atoms with Crippen molar-refractivity contribution in [3.05, 3.63) is 0 Å². The van der Waals surface area contributed by atoms with Crippen molar-refractivity contribution in [2.45, 2.75) is 19.9 Å². The van der Waals surface area contributed by atoms with Crippen LogP contribution in [0.15, 0.2) is 0 Å². The first-order valence-corrected chi connectivity index (χ1v) is 4.76. The molecule has 0 aromatic heterocycles. The minimum absolute atomic E-state index is 0.191. The Labute approximate surface area is 79.8 Å². The third-order valence-electron chi connectivity index (χ3n) is 1.14. The average Bonchev–Trinajstić information content (AvgIpc) is 2.04. The van der Waals surface area contributed by atoms with E-state index in [2.05, 4.69) is 26.0 Å². The Balaban J connectivity index is 3.78. The minimum atomic E-state index is -0.574. The number of hydrogen-bond acceptors (Lipinski definition) is 3. The van der Waals surface area contributed by atoms with E-state index in [1.54, 1.807) is 13.8 Å². The smallest absolute Gasteiger partial charge is 0.328 e. The summed E-state index contributed by atoms with van der Waals surface area (Å²) in [5.74, 6) is -0.637. The second-order valence-electron chi connectivity index (χ2n) is 2.17. The van der Waals surface area contributed by atoms with Gasteiger partial charge in [-0.05, 0) is 13.8 Å². The van der Waals surface area contributed by atoms with Gasteiger partial charge in [0.15, 0.2) is 0 Å². The lowest BCUT2D eigenvalue weighted by molar-refractivity contribution is -0.146. The molecule has 4 nitrogen and oxygen atoms in total. The van der Waals surface area contributed by atoms with E-state index < -0.39 is 12.0 Å². The van der Waals surface area contributed by atoms with Crippen molar-refractivity contribution >= 4 is 27.8 Å². The van der Waals surface area contributed by atoms with E-state index in [1.807, 2.05) is 0 Å². The highest BCUT2D eigenvalue weighted by atomic mass is 79.9. The van der Waals surface area contributed by atoms with E-state index in [9.17, 15) is 9.59 Å². The Bertz CT molecular complexity index is 172. The zero-order chi connectivity index (χ0) is 9.56. The molecule has 0 saturated heterocycles. The number of alkyl halides is 1. The third kappa shape index (κ3) is 4.33. The summed E-state index contributed by atoms with van der Waals surface area (Å²) in [6.07, 6.45) is 0. The Hall–Kier alpha value is -0.580. The zero-order valence-electron chi connectivity index (χ0n) is 7.09. The lowest BCUT2D eigenvalue weighted by Crippen LogP contribution is -2.40. The topological polar surface area (TPSA) is 55.4 Å². The van der Waals surface area contributed by atoms with Gasteiger partial charge >= 0.3 is 5.97 Å². The number of halogens is 1. The molecule has 5 heteroatoms. The Morgan fingerprint density at radius 1 is 1.58 bits per heavy atom. The number of amides is 1. The van der Waals surface area contributed by atoms with Crippen LogP contribution >= 0.6 is 15.9 Å². The molecular formula is C7H12BrNO3. The molecule has 0 aromatic carbocycles. The van der Waals surface area contributed by atoms with Crippen LogP contribution in [0.4, 0.5) is 0 Å². The molecule has 1 N–H and O–H groups in total. The van der Waals surface area contributed by atoms with E-state index in [0.717, 1.165) is 0 Å². The zero-order valence-corrected chi connectivity index (χ0v) is 8.68. The summed E-state index contributed by atoms with van der Waals surface area (Å²) < 4.78 is 4.68. The Morgan fingerprint density at radius 2 is 2.17 bits per heavy atom. The van der Waals surface area contributed by atoms with Crippen molar-refractivity contribution in [2.75, 3.05) is 11.9 Å². The van der Waals surface area contributed by atoms with Crippen molar-refractivity contribution in [3.8, 4) is 0 Å². The van der Waals surface area contributed by atoms with Crippen LogP contribution in [0.2, 0.25) is 0 Å². The van der Waals surface area contributed by atoms with Crippen LogP contribution in [0.1, 0.15) is 13.8 Å². The summed E-state index contributed by atoms with van der Waals surface area (Å²) in [6.45, 7) is 3.63. The molecule has 0 radical (unpaired) electrons. The van der Waals surface area contributed by atoms with Gasteiger partial charge in [-0.15, -0.1) is 0 Å². The van der Waals surface area contributed by atoms with Crippen molar-refractivity contribution in [1.29, 1.82) is 0 Å². The number of ether oxygens (including phenoxy) is 1. The molecular weight excluding hydrogens is 226 g/mol. The molecule has 1 atom stereocenters. The first kappa shape index (κ1) is 11.4. The van der Waals surface area contributed by atoms with Crippen LogP contribution < -0.4 is 5.32 Å². The van der Waals surface area contributed by atoms with Gasteiger partial charge in [0.1, 0.15) is 6.04 Å². The molecule has 0 rings (SSSR count). The predicted octanol–water partition coefficient (Wildman–Crippen LogP) is 0.449. The van der Waals surface area contributed by atoms with Crippen molar-refractivity contribution < 1.29 is 14.3 Å². The molecule has 70 valence electrons. The first-order valence-electron chi connectivity index (χ1n) is 3.63. The van der Waals surface area contributed by atoms with Crippen molar-refractivity contribution in [1.82, 2.24) is 5.32 Å². The molecule has 0 saturated carbocycles. The molecule has 0 unspecified atom stereocenters. The maximum Gasteiger partial charge on any atom is 0.328 e. The lowest BCUT2D eigenvalue weighted by atomic mass is 10.3. The van der Waals surface area contributed by atoms with Crippen LogP contribution in [0.5, 0.6) is 0 Å². The van der Waals surface area contributed by atoms with Gasteiger partial charge in [0.05, 0.1) is 11.9 Å². The van der Waals surface area contributed by atoms with Crippen molar-refractivity contribution in [2.24, 2.45) is 0 Å². The van der Waals surface area contributed by atoms with Gasteiger partial charge in [0, 0.05) is 0 Å². The number of carbonyl (C=O) groups is 2. The number of hydrogen-bond donors (Lipinski definition) is 1. The number of esters is 1. The van der Waals surface area contributed by atoms with Crippen LogP contribution in [0, 0.1) is 0 Å². The Kier molecular flexibility index (Phi) is 5.70. The molecule has 0 aliphatic heterocycles. The van der Waals surface area contributed by atoms with Crippen LogP contribution in [-0.2, 0) is 14.3 Å². The first-order chi connectivity index (χ1) is 5.61. The summed E-state index contributed by atoms with van der Waals surface area (Å²) in [7, 11) is 0. The summed E-state index contributed by atoms with van der Waals surface area (Å²) >= 11 is 2.97. The maximum absolute atomic E-state index is 10.9. The summed E-state index contributed by atoms with van der Waals surface area (Å²) in [5.41, 5.74) is 0. The van der Waals surface area contributed by atoms with E-state index in [4.69, 9.17) is 0 Å². The highest BCUT2D eigenvalue weighted by Gasteiger charge is 2.15. The highest BCUT2D eigenvalue weighted by molar-refractivity contribution is 9.09. The quantitative estimate of drug-likeness (QED) is 0.571. The minimum Gasteiger partial charge on any atom is -0.464 e. The van der Waals surface area contributed by atoms with Gasteiger partial charge in [-0.3, -0.25) is 4.79 Å². The fourth-order valence-corrected chi connectivity index (χ4v) is 0.768.